The summed E-state index contributed by atoms with van der Waals surface area (Å²) in [6.07, 6.45) is 5.10. The van der Waals surface area contributed by atoms with E-state index in [0.717, 1.165) is 12.8 Å². The van der Waals surface area contributed by atoms with Gasteiger partial charge in [-0.2, -0.15) is 5.26 Å². The fraction of sp³-hybridized carbons (Fsp3) is 0.432. The Labute approximate surface area is 289 Å². The van der Waals surface area contributed by atoms with Crippen LogP contribution in [0, 0.1) is 54.8 Å². The summed E-state index contributed by atoms with van der Waals surface area (Å²) in [7, 11) is 3.23. The second-order valence-corrected chi connectivity index (χ2v) is 13.1. The summed E-state index contributed by atoms with van der Waals surface area (Å²) in [4.78, 5) is 55.6. The molecule has 0 aliphatic heterocycles. The molecule has 0 bridgehead atoms. The van der Waals surface area contributed by atoms with Crippen molar-refractivity contribution in [2.24, 2.45) is 20.0 Å². The second kappa shape index (κ2) is 14.5. The SMILES string of the molecule is CCNC(=O)c1c(C)[nH]c2c(=O)n(C)cc(C#CC(C)(C)O)c12.Cc1[nH]c2c(=O)n(C)cc(C#CC(C)(O)C3CC3)c2c1C(=O)OCCC#N. The van der Waals surface area contributed by atoms with Crippen molar-refractivity contribution in [3.8, 4) is 29.8 Å². The molecule has 4 aromatic heterocycles. The standard InChI is InChI=1S/C20H21N3O4.C17H21N3O3/c1-12-15(19(25)27-10-4-9-21)16-13(7-8-20(2,26)14-5-6-14)11-23(3)18(24)17(16)22-12;1-6-18-15(21)12-10(2)19-14-13(12)11(7-8-17(3,4)23)9-20(5)16(14)22/h11,14,22,26H,4-6,10H2,1-3H3;9,19,23H,6H2,1-5H3,(H,18,21). The molecule has 1 amide bonds. The molecule has 4 heterocycles. The van der Waals surface area contributed by atoms with Gasteiger partial charge in [0.1, 0.15) is 28.8 Å². The number of amides is 1. The molecule has 1 aliphatic carbocycles. The van der Waals surface area contributed by atoms with E-state index in [2.05, 4.69) is 39.0 Å². The Morgan fingerprint density at radius 2 is 1.44 bits per heavy atom. The lowest BCUT2D eigenvalue weighted by Gasteiger charge is -2.14. The van der Waals surface area contributed by atoms with Crippen LogP contribution in [-0.2, 0) is 18.8 Å². The Morgan fingerprint density at radius 3 is 1.92 bits per heavy atom. The lowest BCUT2D eigenvalue weighted by atomic mass is 10.00. The van der Waals surface area contributed by atoms with E-state index >= 15 is 0 Å². The van der Waals surface area contributed by atoms with Gasteiger partial charge in [-0.05, 0) is 60.3 Å². The van der Waals surface area contributed by atoms with Crippen LogP contribution >= 0.6 is 0 Å². The number of carbonyl (C=O) groups excluding carboxylic acids is 2. The van der Waals surface area contributed by atoms with E-state index in [4.69, 9.17) is 10.00 Å². The summed E-state index contributed by atoms with van der Waals surface area (Å²) < 4.78 is 7.95. The number of fused-ring (bicyclic) bond motifs is 2. The number of rotatable bonds is 6. The van der Waals surface area contributed by atoms with Crippen LogP contribution in [0.25, 0.3) is 21.8 Å². The van der Waals surface area contributed by atoms with Crippen LogP contribution in [-0.4, -0.2) is 65.5 Å². The van der Waals surface area contributed by atoms with E-state index in [1.165, 1.54) is 9.13 Å². The minimum atomic E-state index is -1.17. The van der Waals surface area contributed by atoms with E-state index in [9.17, 15) is 29.4 Å². The van der Waals surface area contributed by atoms with Gasteiger partial charge < -0.3 is 39.4 Å². The van der Waals surface area contributed by atoms with E-state index < -0.39 is 17.2 Å². The monoisotopic (exact) mass is 682 g/mol. The summed E-state index contributed by atoms with van der Waals surface area (Å²) in [5, 5.41) is 32.5. The number of ether oxygens (including phenoxy) is 1. The summed E-state index contributed by atoms with van der Waals surface area (Å²) in [5.41, 5.74) is 0.547. The third kappa shape index (κ3) is 8.01. The molecule has 13 heteroatoms. The Morgan fingerprint density at radius 1 is 0.940 bits per heavy atom. The first kappa shape index (κ1) is 37.3. The van der Waals surface area contributed by atoms with Crippen LogP contribution in [0.4, 0.5) is 0 Å². The molecular weight excluding hydrogens is 640 g/mol. The third-order valence-corrected chi connectivity index (χ3v) is 8.17. The second-order valence-electron chi connectivity index (χ2n) is 13.1. The summed E-state index contributed by atoms with van der Waals surface area (Å²) >= 11 is 0. The summed E-state index contributed by atoms with van der Waals surface area (Å²) in [6, 6.07) is 1.91. The highest BCUT2D eigenvalue weighted by Crippen LogP contribution is 2.39. The largest absolute Gasteiger partial charge is 0.461 e. The number of nitrogens with zero attached hydrogens (tertiary/aromatic N) is 3. The van der Waals surface area contributed by atoms with Gasteiger partial charge in [0.25, 0.3) is 17.0 Å². The number of esters is 1. The minimum absolute atomic E-state index is 0.0241. The summed E-state index contributed by atoms with van der Waals surface area (Å²) in [5.74, 6) is 10.7. The van der Waals surface area contributed by atoms with E-state index in [1.54, 1.807) is 61.1 Å². The van der Waals surface area contributed by atoms with Gasteiger partial charge in [-0.25, -0.2) is 4.79 Å². The molecule has 0 spiro atoms. The third-order valence-electron chi connectivity index (χ3n) is 8.17. The Kier molecular flexibility index (Phi) is 10.8. The molecule has 0 saturated heterocycles. The lowest BCUT2D eigenvalue weighted by Crippen LogP contribution is -2.24. The number of H-pyrrole nitrogens is 2. The van der Waals surface area contributed by atoms with Gasteiger partial charge in [-0.15, -0.1) is 0 Å². The maximum atomic E-state index is 12.5. The average Bonchev–Trinajstić information content (AvgIpc) is 3.76. The molecule has 4 aromatic rings. The number of aryl methyl sites for hydroxylation is 4. The number of aromatic amines is 2. The van der Waals surface area contributed by atoms with E-state index in [0.29, 0.717) is 50.9 Å². The fourth-order valence-corrected chi connectivity index (χ4v) is 5.50. The van der Waals surface area contributed by atoms with Crippen molar-refractivity contribution < 1.29 is 24.5 Å². The number of carbonyl (C=O) groups is 2. The van der Waals surface area contributed by atoms with Crippen molar-refractivity contribution in [2.75, 3.05) is 13.2 Å². The van der Waals surface area contributed by atoms with Crippen LogP contribution in [0.2, 0.25) is 0 Å². The maximum absolute atomic E-state index is 12.5. The van der Waals surface area contributed by atoms with Crippen molar-refractivity contribution in [3.63, 3.8) is 0 Å². The van der Waals surface area contributed by atoms with Crippen LogP contribution in [0.15, 0.2) is 22.0 Å². The normalized spacial score (nSPS) is 13.5. The zero-order valence-corrected chi connectivity index (χ0v) is 29.5. The predicted molar refractivity (Wildman–Crippen MR) is 188 cm³/mol. The fourth-order valence-electron chi connectivity index (χ4n) is 5.50. The van der Waals surface area contributed by atoms with Gasteiger partial charge in [0, 0.05) is 55.2 Å². The van der Waals surface area contributed by atoms with Gasteiger partial charge in [0.2, 0.25) is 0 Å². The van der Waals surface area contributed by atoms with Crippen molar-refractivity contribution in [1.82, 2.24) is 24.4 Å². The molecule has 5 N–H and O–H groups in total. The first-order valence-electron chi connectivity index (χ1n) is 16.2. The number of hydrogen-bond donors (Lipinski definition) is 5. The molecule has 0 aromatic carbocycles. The predicted octanol–water partition coefficient (Wildman–Crippen LogP) is 2.81. The Bertz CT molecular complexity index is 2280. The number of hydrogen-bond acceptors (Lipinski definition) is 8. The zero-order valence-electron chi connectivity index (χ0n) is 29.5. The number of nitrogens with one attached hydrogen (secondary N) is 3. The van der Waals surface area contributed by atoms with Gasteiger partial charge in [-0.1, -0.05) is 23.7 Å². The molecule has 1 saturated carbocycles. The van der Waals surface area contributed by atoms with Gasteiger partial charge in [-0.3, -0.25) is 14.4 Å². The van der Waals surface area contributed by atoms with Crippen LogP contribution in [0.1, 0.15) is 90.2 Å². The highest BCUT2D eigenvalue weighted by atomic mass is 16.5. The number of nitriles is 1. The molecule has 1 atom stereocenters. The van der Waals surface area contributed by atoms with Gasteiger partial charge >= 0.3 is 5.97 Å². The molecule has 13 nitrogen and oxygen atoms in total. The summed E-state index contributed by atoms with van der Waals surface area (Å²) in [6.45, 7) is 10.5. The van der Waals surface area contributed by atoms with Crippen molar-refractivity contribution in [3.05, 3.63) is 66.7 Å². The van der Waals surface area contributed by atoms with Gasteiger partial charge in [0.15, 0.2) is 0 Å². The first-order chi connectivity index (χ1) is 23.4. The quantitative estimate of drug-likeness (QED) is 0.116. The molecule has 1 aliphatic rings. The number of aromatic nitrogens is 4. The highest BCUT2D eigenvalue weighted by molar-refractivity contribution is 6.10. The smallest absolute Gasteiger partial charge is 0.340 e. The Hall–Kier alpha value is -5.55. The van der Waals surface area contributed by atoms with Crippen molar-refractivity contribution >= 4 is 33.7 Å². The zero-order chi connectivity index (χ0) is 37.1. The van der Waals surface area contributed by atoms with Crippen molar-refractivity contribution in [1.29, 1.82) is 5.26 Å². The number of pyridine rings is 2. The van der Waals surface area contributed by atoms with Crippen LogP contribution in [0.5, 0.6) is 0 Å². The molecular formula is C37H42N6O7. The molecule has 0 radical (unpaired) electrons. The minimum Gasteiger partial charge on any atom is -0.461 e. The first-order valence-corrected chi connectivity index (χ1v) is 16.2. The highest BCUT2D eigenvalue weighted by Gasteiger charge is 2.38. The number of aliphatic hydroxyl groups is 2. The molecule has 262 valence electrons. The lowest BCUT2D eigenvalue weighted by molar-refractivity contribution is 0.0514. The van der Waals surface area contributed by atoms with Crippen molar-refractivity contribution in [2.45, 2.75) is 72.0 Å². The molecule has 50 heavy (non-hydrogen) atoms. The topological polar surface area (TPSA) is 195 Å². The Balaban J connectivity index is 0.000000228. The van der Waals surface area contributed by atoms with Gasteiger partial charge in [0.05, 0.1) is 34.7 Å². The maximum Gasteiger partial charge on any atom is 0.340 e. The van der Waals surface area contributed by atoms with E-state index in [1.807, 2.05) is 13.0 Å². The molecule has 1 unspecified atom stereocenters. The van der Waals surface area contributed by atoms with Crippen LogP contribution in [0.3, 0.4) is 0 Å². The van der Waals surface area contributed by atoms with Crippen LogP contribution < -0.4 is 16.4 Å². The average molecular weight is 683 g/mol. The van der Waals surface area contributed by atoms with E-state index in [-0.39, 0.29) is 47.1 Å². The molecule has 5 rings (SSSR count). The molecule has 1 fully saturated rings.